The van der Waals surface area contributed by atoms with Crippen LogP contribution in [0.25, 0.3) is 11.3 Å². The maximum atomic E-state index is 12.7. The Morgan fingerprint density at radius 3 is 2.60 bits per heavy atom. The lowest BCUT2D eigenvalue weighted by Crippen LogP contribution is -2.33. The summed E-state index contributed by atoms with van der Waals surface area (Å²) >= 11 is 0. The number of rotatable bonds is 4. The second-order valence-electron chi connectivity index (χ2n) is 6.64. The number of methoxy groups -OCH3 is 2. The van der Waals surface area contributed by atoms with E-state index >= 15 is 0 Å². The van der Waals surface area contributed by atoms with Crippen LogP contribution in [0.2, 0.25) is 0 Å². The predicted octanol–water partition coefficient (Wildman–Crippen LogP) is 3.12. The fourth-order valence-electron chi connectivity index (χ4n) is 3.83. The molecule has 0 aliphatic carbocycles. The standard InChI is InChI=1S/C21H20N2O7/c1-4-23-15(13-7-5-6-8-22-13)17(24)11-9-29-10-12(11)18-16(23)14(20(25)27-2)19(30-18)21(26)28-3/h5-10,15,17,24H,4H2,1-3H3/t15-,17+/m0/s1. The minimum Gasteiger partial charge on any atom is -0.471 e. The van der Waals surface area contributed by atoms with E-state index in [1.54, 1.807) is 29.3 Å². The second-order valence-corrected chi connectivity index (χ2v) is 6.64. The molecule has 1 aliphatic heterocycles. The molecule has 0 saturated carbocycles. The van der Waals surface area contributed by atoms with E-state index in [-0.39, 0.29) is 17.1 Å². The average molecular weight is 412 g/mol. The molecule has 0 amide bonds. The molecule has 0 saturated heterocycles. The Balaban J connectivity index is 2.07. The summed E-state index contributed by atoms with van der Waals surface area (Å²) in [5, 5.41) is 11.3. The van der Waals surface area contributed by atoms with Gasteiger partial charge in [-0.2, -0.15) is 0 Å². The molecule has 4 heterocycles. The van der Waals surface area contributed by atoms with E-state index in [9.17, 15) is 14.7 Å². The van der Waals surface area contributed by atoms with Crippen molar-refractivity contribution in [1.82, 2.24) is 4.98 Å². The van der Waals surface area contributed by atoms with Crippen molar-refractivity contribution in [3.63, 3.8) is 0 Å². The molecule has 0 unspecified atom stereocenters. The number of carbonyl (C=O) groups is 2. The van der Waals surface area contributed by atoms with Gasteiger partial charge in [-0.25, -0.2) is 9.59 Å². The zero-order chi connectivity index (χ0) is 21.4. The van der Waals surface area contributed by atoms with Gasteiger partial charge in [-0.05, 0) is 19.1 Å². The molecule has 0 fully saturated rings. The SMILES string of the molecule is CCN1c2c(oc(C(=O)OC)c2C(=O)OC)-c2cocc2[C@@H](O)[C@@H]1c1ccccn1. The number of carbonyl (C=O) groups excluding carboxylic acids is 2. The highest BCUT2D eigenvalue weighted by Gasteiger charge is 2.43. The first kappa shape index (κ1) is 19.7. The van der Waals surface area contributed by atoms with Gasteiger partial charge in [-0.3, -0.25) is 4.98 Å². The summed E-state index contributed by atoms with van der Waals surface area (Å²) in [5.41, 5.74) is 1.67. The molecule has 30 heavy (non-hydrogen) atoms. The molecule has 9 nitrogen and oxygen atoms in total. The summed E-state index contributed by atoms with van der Waals surface area (Å²) in [6, 6.07) is 4.67. The summed E-state index contributed by atoms with van der Waals surface area (Å²) in [5.74, 6) is -1.66. The van der Waals surface area contributed by atoms with Crippen LogP contribution in [-0.4, -0.2) is 42.8 Å². The van der Waals surface area contributed by atoms with Crippen LogP contribution in [0.15, 0.2) is 45.8 Å². The number of likely N-dealkylation sites (N-methyl/N-ethyl adjacent to an activating group) is 1. The van der Waals surface area contributed by atoms with E-state index in [0.717, 1.165) is 0 Å². The molecule has 0 radical (unpaired) electrons. The van der Waals surface area contributed by atoms with Crippen LogP contribution in [0.1, 0.15) is 51.2 Å². The van der Waals surface area contributed by atoms with Crippen molar-refractivity contribution in [1.29, 1.82) is 0 Å². The van der Waals surface area contributed by atoms with Crippen LogP contribution in [0, 0.1) is 0 Å². The smallest absolute Gasteiger partial charge is 0.374 e. The van der Waals surface area contributed by atoms with Crippen LogP contribution < -0.4 is 4.90 Å². The number of esters is 2. The summed E-state index contributed by atoms with van der Waals surface area (Å²) in [4.78, 5) is 31.3. The molecule has 0 spiro atoms. The largest absolute Gasteiger partial charge is 0.471 e. The number of furan rings is 2. The Morgan fingerprint density at radius 2 is 1.97 bits per heavy atom. The third kappa shape index (κ3) is 2.86. The monoisotopic (exact) mass is 412 g/mol. The normalized spacial score (nSPS) is 17.7. The average Bonchev–Trinajstić information content (AvgIpc) is 3.39. The molecule has 0 aromatic carbocycles. The van der Waals surface area contributed by atoms with Crippen molar-refractivity contribution in [3.05, 3.63) is 59.5 Å². The second kappa shape index (κ2) is 7.68. The maximum Gasteiger partial charge on any atom is 0.374 e. The number of pyridine rings is 1. The molecule has 9 heteroatoms. The number of hydrogen-bond acceptors (Lipinski definition) is 9. The lowest BCUT2D eigenvalue weighted by atomic mass is 9.98. The van der Waals surface area contributed by atoms with Crippen molar-refractivity contribution in [2.24, 2.45) is 0 Å². The number of nitrogens with zero attached hydrogens (tertiary/aromatic N) is 2. The number of aromatic nitrogens is 1. The van der Waals surface area contributed by atoms with E-state index in [0.29, 0.717) is 29.1 Å². The van der Waals surface area contributed by atoms with Crippen LogP contribution in [0.4, 0.5) is 5.69 Å². The van der Waals surface area contributed by atoms with Gasteiger partial charge < -0.3 is 28.3 Å². The van der Waals surface area contributed by atoms with E-state index in [2.05, 4.69) is 4.98 Å². The fraction of sp³-hybridized carbons (Fsp3) is 0.286. The van der Waals surface area contributed by atoms with Crippen molar-refractivity contribution in [2.75, 3.05) is 25.7 Å². The van der Waals surface area contributed by atoms with Gasteiger partial charge in [0.05, 0.1) is 31.7 Å². The number of anilines is 1. The molecule has 156 valence electrons. The lowest BCUT2D eigenvalue weighted by Gasteiger charge is -2.33. The first-order valence-electron chi connectivity index (χ1n) is 9.28. The lowest BCUT2D eigenvalue weighted by molar-refractivity contribution is 0.0529. The molecule has 2 atom stereocenters. The summed E-state index contributed by atoms with van der Waals surface area (Å²) in [6.07, 6.45) is 3.40. The van der Waals surface area contributed by atoms with Crippen LogP contribution in [0.5, 0.6) is 0 Å². The fourth-order valence-corrected chi connectivity index (χ4v) is 3.83. The van der Waals surface area contributed by atoms with Gasteiger partial charge in [0.1, 0.15) is 29.7 Å². The Kier molecular flexibility index (Phi) is 5.04. The Morgan fingerprint density at radius 1 is 1.20 bits per heavy atom. The molecule has 4 rings (SSSR count). The molecular weight excluding hydrogens is 392 g/mol. The van der Waals surface area contributed by atoms with Gasteiger partial charge in [0, 0.05) is 18.3 Å². The van der Waals surface area contributed by atoms with Gasteiger partial charge in [-0.1, -0.05) is 6.07 Å². The van der Waals surface area contributed by atoms with Gasteiger partial charge in [0.25, 0.3) is 0 Å². The summed E-state index contributed by atoms with van der Waals surface area (Å²) in [6.45, 7) is 2.23. The number of aliphatic hydroxyl groups excluding tert-OH is 1. The highest BCUT2D eigenvalue weighted by molar-refractivity contribution is 6.09. The highest BCUT2D eigenvalue weighted by atomic mass is 16.5. The van der Waals surface area contributed by atoms with Gasteiger partial charge in [-0.15, -0.1) is 0 Å². The molecule has 3 aromatic rings. The van der Waals surface area contributed by atoms with E-state index in [4.69, 9.17) is 18.3 Å². The number of aliphatic hydroxyl groups is 1. The Hall–Kier alpha value is -3.59. The summed E-state index contributed by atoms with van der Waals surface area (Å²) in [7, 11) is 2.41. The minimum atomic E-state index is -1.04. The first-order chi connectivity index (χ1) is 14.5. The van der Waals surface area contributed by atoms with Crippen molar-refractivity contribution in [3.8, 4) is 11.3 Å². The first-order valence-corrected chi connectivity index (χ1v) is 9.28. The topological polar surface area (TPSA) is 115 Å². The van der Waals surface area contributed by atoms with E-state index in [1.807, 2.05) is 6.92 Å². The maximum absolute atomic E-state index is 12.7. The Bertz CT molecular complexity index is 1090. The number of ether oxygens (including phenoxy) is 2. The van der Waals surface area contributed by atoms with Crippen molar-refractivity contribution >= 4 is 17.6 Å². The van der Waals surface area contributed by atoms with Crippen molar-refractivity contribution in [2.45, 2.75) is 19.1 Å². The quantitative estimate of drug-likeness (QED) is 0.645. The molecule has 1 N–H and O–H groups in total. The predicted molar refractivity (Wildman–Crippen MR) is 104 cm³/mol. The third-order valence-corrected chi connectivity index (χ3v) is 5.15. The molecule has 1 aliphatic rings. The van der Waals surface area contributed by atoms with Crippen LogP contribution in [-0.2, 0) is 9.47 Å². The van der Waals surface area contributed by atoms with E-state index in [1.165, 1.54) is 26.7 Å². The number of fused-ring (bicyclic) bond motifs is 3. The van der Waals surface area contributed by atoms with Gasteiger partial charge in [0.15, 0.2) is 5.76 Å². The third-order valence-electron chi connectivity index (χ3n) is 5.15. The van der Waals surface area contributed by atoms with E-state index < -0.39 is 24.1 Å². The zero-order valence-electron chi connectivity index (χ0n) is 16.6. The van der Waals surface area contributed by atoms with Crippen LogP contribution >= 0.6 is 0 Å². The Labute approximate surface area is 171 Å². The molecular formula is C21H20N2O7. The zero-order valence-corrected chi connectivity index (χ0v) is 16.6. The van der Waals surface area contributed by atoms with Crippen molar-refractivity contribution < 1.29 is 33.0 Å². The van der Waals surface area contributed by atoms with Gasteiger partial charge >= 0.3 is 11.9 Å². The number of hydrogen-bond donors (Lipinski definition) is 1. The molecule has 0 bridgehead atoms. The minimum absolute atomic E-state index is 0.0802. The van der Waals surface area contributed by atoms with Crippen LogP contribution in [0.3, 0.4) is 0 Å². The highest BCUT2D eigenvalue weighted by Crippen LogP contribution is 2.51. The summed E-state index contributed by atoms with van der Waals surface area (Å²) < 4.78 is 20.9. The molecule has 3 aromatic heterocycles. The van der Waals surface area contributed by atoms with Gasteiger partial charge in [0.2, 0.25) is 5.76 Å².